The number of nitrogens with one attached hydrogen (secondary N) is 1. The summed E-state index contributed by atoms with van der Waals surface area (Å²) in [4.78, 5) is 6.88. The van der Waals surface area contributed by atoms with Gasteiger partial charge in [0.25, 0.3) is 0 Å². The van der Waals surface area contributed by atoms with Crippen molar-refractivity contribution in [2.75, 3.05) is 0 Å². The van der Waals surface area contributed by atoms with Crippen molar-refractivity contribution < 1.29 is 4.52 Å². The molecule has 2 aromatic heterocycles. The third-order valence-electron chi connectivity index (χ3n) is 1.74. The van der Waals surface area contributed by atoms with Gasteiger partial charge in [0.1, 0.15) is 17.7 Å². The zero-order chi connectivity index (χ0) is 8.55. The van der Waals surface area contributed by atoms with Gasteiger partial charge >= 0.3 is 0 Å². The molecule has 2 rings (SSSR count). The highest BCUT2D eigenvalue weighted by molar-refractivity contribution is 5.59. The number of nitrogens with zero attached hydrogens (tertiary/aromatic N) is 2. The van der Waals surface area contributed by atoms with Crippen molar-refractivity contribution in [3.8, 4) is 11.4 Å². The molecule has 1 radical (unpaired) electrons. The maximum atomic E-state index is 4.81. The normalized spacial score (nSPS) is 10.5. The van der Waals surface area contributed by atoms with Crippen molar-refractivity contribution >= 4 is 0 Å². The van der Waals surface area contributed by atoms with Crippen LogP contribution in [0.5, 0.6) is 0 Å². The predicted octanol–water partition coefficient (Wildman–Crippen LogP) is 1.48. The average molecular weight is 162 g/mol. The third kappa shape index (κ3) is 0.922. The van der Waals surface area contributed by atoms with Gasteiger partial charge in [0.15, 0.2) is 6.33 Å². The van der Waals surface area contributed by atoms with E-state index < -0.39 is 0 Å². The molecule has 0 aliphatic rings. The first kappa shape index (κ1) is 7.09. The van der Waals surface area contributed by atoms with Crippen molar-refractivity contribution in [3.05, 3.63) is 23.8 Å². The summed E-state index contributed by atoms with van der Waals surface area (Å²) in [5, 5.41) is 3.84. The fourth-order valence-corrected chi connectivity index (χ4v) is 1.06. The number of hydrogen-bond acceptors (Lipinski definition) is 3. The highest BCUT2D eigenvalue weighted by Crippen LogP contribution is 2.20. The summed E-state index contributed by atoms with van der Waals surface area (Å²) in [6.07, 6.45) is 4.26. The lowest BCUT2D eigenvalue weighted by Crippen LogP contribution is -1.83. The van der Waals surface area contributed by atoms with E-state index in [4.69, 9.17) is 4.52 Å². The van der Waals surface area contributed by atoms with Crippen molar-refractivity contribution in [2.45, 2.75) is 13.8 Å². The number of imidazole rings is 1. The van der Waals surface area contributed by atoms with Crippen LogP contribution in [0.25, 0.3) is 11.4 Å². The quantitative estimate of drug-likeness (QED) is 0.691. The molecular weight excluding hydrogens is 154 g/mol. The number of H-pyrrole nitrogens is 1. The van der Waals surface area contributed by atoms with Crippen LogP contribution in [0.4, 0.5) is 0 Å². The van der Waals surface area contributed by atoms with Crippen LogP contribution < -0.4 is 0 Å². The molecule has 12 heavy (non-hydrogen) atoms. The second kappa shape index (κ2) is 2.48. The highest BCUT2D eigenvalue weighted by Gasteiger charge is 2.10. The Morgan fingerprint density at radius 1 is 1.42 bits per heavy atom. The van der Waals surface area contributed by atoms with Gasteiger partial charge in [-0.25, -0.2) is 4.98 Å². The van der Waals surface area contributed by atoms with Gasteiger partial charge in [-0.1, -0.05) is 5.16 Å². The molecule has 0 fully saturated rings. The second-order valence-corrected chi connectivity index (χ2v) is 2.67. The lowest BCUT2D eigenvalue weighted by atomic mass is 10.2. The molecular formula is C8H8N3O. The van der Waals surface area contributed by atoms with Crippen LogP contribution in [0, 0.1) is 20.2 Å². The van der Waals surface area contributed by atoms with Crippen molar-refractivity contribution in [1.82, 2.24) is 15.1 Å². The standard InChI is InChI=1S/C8H8N3O/c1-5-3-12-11-7(5)8-6(2)9-4-10-8/h3H,1-2H3,(H,9,10). The summed E-state index contributed by atoms with van der Waals surface area (Å²) >= 11 is 0. The minimum Gasteiger partial charge on any atom is -0.364 e. The van der Waals surface area contributed by atoms with Gasteiger partial charge in [-0.2, -0.15) is 0 Å². The largest absolute Gasteiger partial charge is 0.364 e. The molecule has 0 aromatic carbocycles. The highest BCUT2D eigenvalue weighted by atomic mass is 16.5. The zero-order valence-electron chi connectivity index (χ0n) is 6.88. The van der Waals surface area contributed by atoms with Gasteiger partial charge in [-0.15, -0.1) is 0 Å². The summed E-state index contributed by atoms with van der Waals surface area (Å²) in [5.41, 5.74) is 3.52. The van der Waals surface area contributed by atoms with Gasteiger partial charge in [0.2, 0.25) is 0 Å². The van der Waals surface area contributed by atoms with Crippen LogP contribution in [0.2, 0.25) is 0 Å². The Hall–Kier alpha value is -1.58. The Balaban J connectivity index is 2.57. The maximum Gasteiger partial charge on any atom is 0.174 e. The smallest absolute Gasteiger partial charge is 0.174 e. The fourth-order valence-electron chi connectivity index (χ4n) is 1.06. The molecule has 4 heteroatoms. The monoisotopic (exact) mass is 162 g/mol. The fraction of sp³-hybridized carbons (Fsp3) is 0.250. The Kier molecular flexibility index (Phi) is 1.46. The Labute approximate surface area is 69.6 Å². The first-order valence-corrected chi connectivity index (χ1v) is 3.63. The lowest BCUT2D eigenvalue weighted by molar-refractivity contribution is 0.421. The minimum absolute atomic E-state index is 0.782. The van der Waals surface area contributed by atoms with Crippen LogP contribution in [-0.4, -0.2) is 15.1 Å². The molecule has 4 nitrogen and oxygen atoms in total. The van der Waals surface area contributed by atoms with Gasteiger partial charge in [-0.3, -0.25) is 0 Å². The second-order valence-electron chi connectivity index (χ2n) is 2.67. The van der Waals surface area contributed by atoms with Crippen LogP contribution in [0.3, 0.4) is 0 Å². The first-order chi connectivity index (χ1) is 5.79. The van der Waals surface area contributed by atoms with E-state index in [1.807, 2.05) is 13.8 Å². The molecule has 0 bridgehead atoms. The van der Waals surface area contributed by atoms with Crippen molar-refractivity contribution in [2.24, 2.45) is 0 Å². The summed E-state index contributed by atoms with van der Waals surface area (Å²) in [6, 6.07) is 0. The molecule has 0 aliphatic carbocycles. The van der Waals surface area contributed by atoms with Crippen LogP contribution in [-0.2, 0) is 0 Å². The van der Waals surface area contributed by atoms with Crippen LogP contribution in [0.1, 0.15) is 11.3 Å². The summed E-state index contributed by atoms with van der Waals surface area (Å²) in [5.74, 6) is 0. The molecule has 1 N–H and O–H groups in total. The maximum absolute atomic E-state index is 4.81. The SMILES string of the molecule is Cc1conc1-c1n[c][nH]c1C. The lowest BCUT2D eigenvalue weighted by Gasteiger charge is -1.91. The van der Waals surface area contributed by atoms with Gasteiger partial charge < -0.3 is 9.51 Å². The molecule has 61 valence electrons. The van der Waals surface area contributed by atoms with E-state index in [2.05, 4.69) is 21.5 Å². The summed E-state index contributed by atoms with van der Waals surface area (Å²) in [7, 11) is 0. The van der Waals surface area contributed by atoms with Crippen LogP contribution in [0.15, 0.2) is 10.8 Å². The summed E-state index contributed by atoms with van der Waals surface area (Å²) in [6.45, 7) is 3.85. The van der Waals surface area contributed by atoms with Crippen molar-refractivity contribution in [1.29, 1.82) is 0 Å². The zero-order valence-corrected chi connectivity index (χ0v) is 6.88. The van der Waals surface area contributed by atoms with Gasteiger partial charge in [0.05, 0.1) is 0 Å². The number of aromatic amines is 1. The number of hydrogen-bond donors (Lipinski definition) is 1. The average Bonchev–Trinajstić information content (AvgIpc) is 2.59. The summed E-state index contributed by atoms with van der Waals surface area (Å²) < 4.78 is 4.81. The van der Waals surface area contributed by atoms with Gasteiger partial charge in [0, 0.05) is 11.3 Å². The molecule has 0 unspecified atom stereocenters. The van der Waals surface area contributed by atoms with E-state index >= 15 is 0 Å². The number of aromatic nitrogens is 3. The number of aryl methyl sites for hydroxylation is 2. The molecule has 0 amide bonds. The minimum atomic E-state index is 0.782. The van der Waals surface area contributed by atoms with E-state index in [-0.39, 0.29) is 0 Å². The molecule has 0 atom stereocenters. The van der Waals surface area contributed by atoms with Gasteiger partial charge in [-0.05, 0) is 13.8 Å². The topological polar surface area (TPSA) is 54.7 Å². The van der Waals surface area contributed by atoms with E-state index in [0.29, 0.717) is 0 Å². The molecule has 2 aromatic rings. The van der Waals surface area contributed by atoms with Crippen molar-refractivity contribution in [3.63, 3.8) is 0 Å². The van der Waals surface area contributed by atoms with E-state index in [1.54, 1.807) is 6.26 Å². The van der Waals surface area contributed by atoms with E-state index in [1.165, 1.54) is 0 Å². The first-order valence-electron chi connectivity index (χ1n) is 3.63. The molecule has 0 saturated carbocycles. The molecule has 0 spiro atoms. The van der Waals surface area contributed by atoms with E-state index in [0.717, 1.165) is 22.6 Å². The van der Waals surface area contributed by atoms with Crippen LogP contribution >= 0.6 is 0 Å². The molecule has 2 heterocycles. The number of rotatable bonds is 1. The Bertz CT molecular complexity index is 350. The third-order valence-corrected chi connectivity index (χ3v) is 1.74. The Morgan fingerprint density at radius 3 is 2.75 bits per heavy atom. The molecule has 0 saturated heterocycles. The predicted molar refractivity (Wildman–Crippen MR) is 42.4 cm³/mol. The Morgan fingerprint density at radius 2 is 2.25 bits per heavy atom. The van der Waals surface area contributed by atoms with E-state index in [9.17, 15) is 0 Å². The molecule has 0 aliphatic heterocycles.